The maximum absolute atomic E-state index is 13.4. The summed E-state index contributed by atoms with van der Waals surface area (Å²) >= 11 is 0. The van der Waals surface area contributed by atoms with Crippen LogP contribution >= 0.6 is 0 Å². The Hall–Kier alpha value is -3.27. The van der Waals surface area contributed by atoms with Crippen LogP contribution in [0.3, 0.4) is 0 Å². The molecule has 7 rings (SSSR count). The van der Waals surface area contributed by atoms with Gasteiger partial charge in [0.2, 0.25) is 0 Å². The summed E-state index contributed by atoms with van der Waals surface area (Å²) in [6.07, 6.45) is 4.03. The minimum Gasteiger partial charge on any atom is -0.351 e. The lowest BCUT2D eigenvalue weighted by atomic mass is 10.0. The molecule has 174 valence electrons. The van der Waals surface area contributed by atoms with Gasteiger partial charge in [0.25, 0.3) is 0 Å². The van der Waals surface area contributed by atoms with Crippen LogP contribution < -0.4 is 10.2 Å². The van der Waals surface area contributed by atoms with Crippen LogP contribution in [-0.4, -0.2) is 50.6 Å². The lowest BCUT2D eigenvalue weighted by molar-refractivity contribution is -0.140. The zero-order chi connectivity index (χ0) is 23.0. The number of H-pyrrole nitrogens is 1. The van der Waals surface area contributed by atoms with Crippen molar-refractivity contribution in [2.75, 3.05) is 24.5 Å². The molecule has 2 aliphatic heterocycles. The highest BCUT2D eigenvalue weighted by atomic mass is 19.4. The van der Waals surface area contributed by atoms with Crippen molar-refractivity contribution in [1.82, 2.24) is 30.2 Å². The largest absolute Gasteiger partial charge is 0.431 e. The zero-order valence-corrected chi connectivity index (χ0v) is 18.2. The van der Waals surface area contributed by atoms with E-state index in [0.29, 0.717) is 34.7 Å². The molecular formula is C24H22F3N7. The second kappa shape index (κ2) is 7.11. The Labute approximate surface area is 192 Å². The lowest BCUT2D eigenvalue weighted by Crippen LogP contribution is -2.35. The minimum absolute atomic E-state index is 0.168. The number of rotatable bonds is 3. The predicted octanol–water partition coefficient (Wildman–Crippen LogP) is 4.26. The molecule has 3 fully saturated rings. The maximum atomic E-state index is 13.4. The van der Waals surface area contributed by atoms with Crippen LogP contribution in [0.1, 0.15) is 36.4 Å². The number of alkyl halides is 3. The van der Waals surface area contributed by atoms with Gasteiger partial charge < -0.3 is 15.2 Å². The summed E-state index contributed by atoms with van der Waals surface area (Å²) in [6.45, 7) is 2.81. The predicted molar refractivity (Wildman–Crippen MR) is 122 cm³/mol. The first-order chi connectivity index (χ1) is 16.5. The first kappa shape index (κ1) is 20.1. The van der Waals surface area contributed by atoms with E-state index in [0.717, 1.165) is 61.7 Å². The summed E-state index contributed by atoms with van der Waals surface area (Å²) in [6, 6.07) is 3.13. The molecule has 0 aromatic carbocycles. The maximum Gasteiger partial charge on any atom is 0.431 e. The number of halogens is 3. The van der Waals surface area contributed by atoms with E-state index in [1.54, 1.807) is 12.3 Å². The Morgan fingerprint density at radius 1 is 1.06 bits per heavy atom. The Bertz CT molecular complexity index is 1430. The first-order valence-corrected chi connectivity index (χ1v) is 11.7. The number of aromatic amines is 1. The van der Waals surface area contributed by atoms with E-state index in [-0.39, 0.29) is 5.65 Å². The van der Waals surface area contributed by atoms with Gasteiger partial charge in [0.05, 0.1) is 11.7 Å². The molecule has 2 N–H and O–H groups in total. The average molecular weight is 465 g/mol. The second-order valence-corrected chi connectivity index (χ2v) is 9.54. The lowest BCUT2D eigenvalue weighted by Gasteiger charge is -2.27. The van der Waals surface area contributed by atoms with Gasteiger partial charge in [-0.15, -0.1) is 0 Å². The van der Waals surface area contributed by atoms with Crippen LogP contribution in [-0.2, 0) is 6.18 Å². The van der Waals surface area contributed by atoms with Crippen LogP contribution in [0.2, 0.25) is 0 Å². The summed E-state index contributed by atoms with van der Waals surface area (Å²) in [4.78, 5) is 23.2. The van der Waals surface area contributed by atoms with Crippen molar-refractivity contribution in [1.29, 1.82) is 0 Å². The van der Waals surface area contributed by atoms with E-state index in [4.69, 9.17) is 9.97 Å². The normalized spacial score (nSPS) is 22.7. The van der Waals surface area contributed by atoms with Crippen LogP contribution in [0, 0.1) is 5.92 Å². The Balaban J connectivity index is 1.46. The third kappa shape index (κ3) is 3.08. The zero-order valence-electron chi connectivity index (χ0n) is 18.2. The van der Waals surface area contributed by atoms with Crippen molar-refractivity contribution >= 4 is 27.8 Å². The molecule has 1 saturated carbocycles. The molecule has 4 aromatic heterocycles. The number of pyridine rings is 2. The molecule has 0 spiro atoms. The molecule has 2 saturated heterocycles. The molecule has 1 unspecified atom stereocenters. The van der Waals surface area contributed by atoms with E-state index < -0.39 is 11.9 Å². The van der Waals surface area contributed by atoms with Gasteiger partial charge in [-0.2, -0.15) is 13.2 Å². The molecule has 1 aliphatic carbocycles. The number of aromatic nitrogens is 5. The SMILES string of the molecule is FC(F)(F)c1cc2c(-c3nc(N4CC[C@H]5CNCC54)c4c(C5CC5)cncc4n3)ccnc2[nH]1. The molecule has 7 nitrogen and oxygen atoms in total. The molecule has 0 bridgehead atoms. The molecular weight excluding hydrogens is 443 g/mol. The van der Waals surface area contributed by atoms with E-state index in [2.05, 4.69) is 25.2 Å². The van der Waals surface area contributed by atoms with Crippen LogP contribution in [0.25, 0.3) is 33.3 Å². The van der Waals surface area contributed by atoms with Crippen LogP contribution in [0.5, 0.6) is 0 Å². The number of anilines is 1. The molecule has 6 heterocycles. The third-order valence-electron chi connectivity index (χ3n) is 7.43. The number of nitrogens with one attached hydrogen (secondary N) is 2. The van der Waals surface area contributed by atoms with E-state index in [1.165, 1.54) is 11.8 Å². The molecule has 0 radical (unpaired) electrons. The Morgan fingerprint density at radius 3 is 2.76 bits per heavy atom. The number of nitrogens with zero attached hydrogens (tertiary/aromatic N) is 5. The molecule has 10 heteroatoms. The molecule has 4 aromatic rings. The van der Waals surface area contributed by atoms with Gasteiger partial charge in [0.15, 0.2) is 5.82 Å². The van der Waals surface area contributed by atoms with E-state index >= 15 is 0 Å². The van der Waals surface area contributed by atoms with Gasteiger partial charge >= 0.3 is 6.18 Å². The average Bonchev–Trinajstić information content (AvgIpc) is 3.20. The van der Waals surface area contributed by atoms with Crippen molar-refractivity contribution in [3.63, 3.8) is 0 Å². The molecule has 0 amide bonds. The van der Waals surface area contributed by atoms with Gasteiger partial charge in [-0.3, -0.25) is 4.98 Å². The number of fused-ring (bicyclic) bond motifs is 3. The highest BCUT2D eigenvalue weighted by Crippen LogP contribution is 2.46. The fraction of sp³-hybridized carbons (Fsp3) is 0.417. The second-order valence-electron chi connectivity index (χ2n) is 9.54. The smallest absolute Gasteiger partial charge is 0.351 e. The monoisotopic (exact) mass is 465 g/mol. The van der Waals surface area contributed by atoms with Gasteiger partial charge in [-0.05, 0) is 48.8 Å². The summed E-state index contributed by atoms with van der Waals surface area (Å²) in [5.41, 5.74) is 1.77. The fourth-order valence-corrected chi connectivity index (χ4v) is 5.61. The van der Waals surface area contributed by atoms with Crippen LogP contribution in [0.15, 0.2) is 30.7 Å². The number of hydrogen-bond donors (Lipinski definition) is 2. The third-order valence-corrected chi connectivity index (χ3v) is 7.43. The summed E-state index contributed by atoms with van der Waals surface area (Å²) in [7, 11) is 0. The molecule has 2 atom stereocenters. The quantitative estimate of drug-likeness (QED) is 0.471. The highest BCUT2D eigenvalue weighted by molar-refractivity contribution is 5.97. The van der Waals surface area contributed by atoms with Crippen molar-refractivity contribution in [3.05, 3.63) is 42.0 Å². The van der Waals surface area contributed by atoms with Crippen LogP contribution in [0.4, 0.5) is 19.0 Å². The summed E-state index contributed by atoms with van der Waals surface area (Å²) < 4.78 is 40.1. The summed E-state index contributed by atoms with van der Waals surface area (Å²) in [5.74, 6) is 2.31. The van der Waals surface area contributed by atoms with Gasteiger partial charge in [0.1, 0.15) is 17.2 Å². The standard InChI is InChI=1S/C24H22F3N7/c25-24(26,27)19-7-15-14(3-5-30-21(15)32-19)22-31-17-10-29-9-16(12-1-2-12)20(17)23(33-22)34-6-4-13-8-28-11-18(13)34/h3,5,7,9-10,12-13,18,28H,1-2,4,6,8,11H2,(H,30,32)/t13-,18?/m0/s1. The van der Waals surface area contributed by atoms with E-state index in [9.17, 15) is 13.2 Å². The van der Waals surface area contributed by atoms with Gasteiger partial charge in [0, 0.05) is 54.4 Å². The molecule has 3 aliphatic rings. The Kier molecular flexibility index (Phi) is 4.21. The number of hydrogen-bond acceptors (Lipinski definition) is 6. The first-order valence-electron chi connectivity index (χ1n) is 11.7. The summed E-state index contributed by atoms with van der Waals surface area (Å²) in [5, 5.41) is 4.88. The Morgan fingerprint density at radius 2 is 1.94 bits per heavy atom. The van der Waals surface area contributed by atoms with Crippen molar-refractivity contribution < 1.29 is 13.2 Å². The van der Waals surface area contributed by atoms with Gasteiger partial charge in [-0.25, -0.2) is 15.0 Å². The van der Waals surface area contributed by atoms with Crippen molar-refractivity contribution in [2.24, 2.45) is 5.92 Å². The topological polar surface area (TPSA) is 82.6 Å². The minimum atomic E-state index is -4.49. The fourth-order valence-electron chi connectivity index (χ4n) is 5.61. The van der Waals surface area contributed by atoms with Gasteiger partial charge in [-0.1, -0.05) is 0 Å². The molecule has 34 heavy (non-hydrogen) atoms. The highest BCUT2D eigenvalue weighted by Gasteiger charge is 2.40. The van der Waals surface area contributed by atoms with Crippen molar-refractivity contribution in [2.45, 2.75) is 37.4 Å². The van der Waals surface area contributed by atoms with E-state index in [1.807, 2.05) is 6.20 Å². The van der Waals surface area contributed by atoms with Crippen molar-refractivity contribution in [3.8, 4) is 11.4 Å².